The number of nitrogens with zero attached hydrogens (tertiary/aromatic N) is 6. The van der Waals surface area contributed by atoms with Gasteiger partial charge in [-0.05, 0) is 43.6 Å². The molecule has 9 heteroatoms. The van der Waals surface area contributed by atoms with Gasteiger partial charge in [0.2, 0.25) is 0 Å². The zero-order valence-corrected chi connectivity index (χ0v) is 18.8. The Bertz CT molecular complexity index is 1280. The summed E-state index contributed by atoms with van der Waals surface area (Å²) in [5.74, 6) is 1.13. The van der Waals surface area contributed by atoms with Crippen LogP contribution in [0.25, 0.3) is 21.3 Å². The lowest BCUT2D eigenvalue weighted by Gasteiger charge is -2.33. The summed E-state index contributed by atoms with van der Waals surface area (Å²) in [6.45, 7) is 5.71. The number of carbonyl (C=O) groups is 1. The second kappa shape index (κ2) is 8.60. The number of nitrogens with one attached hydrogen (secondary N) is 1. The number of likely N-dealkylation sites (N-methyl/N-ethyl adjacent to an activating group) is 1. The van der Waals surface area contributed by atoms with Gasteiger partial charge in [0.15, 0.2) is 0 Å². The fourth-order valence-electron chi connectivity index (χ4n) is 3.71. The van der Waals surface area contributed by atoms with E-state index in [0.29, 0.717) is 11.4 Å². The summed E-state index contributed by atoms with van der Waals surface area (Å²) in [5, 5.41) is 15.0. The molecular weight excluding hydrogens is 422 g/mol. The third-order valence-corrected chi connectivity index (χ3v) is 6.46. The molecule has 162 valence electrons. The number of hydrogen-bond acceptors (Lipinski definition) is 8. The summed E-state index contributed by atoms with van der Waals surface area (Å²) in [6, 6.07) is 11.5. The lowest BCUT2D eigenvalue weighted by molar-refractivity contribution is 0.102. The van der Waals surface area contributed by atoms with E-state index < -0.39 is 0 Å². The number of pyridine rings is 2. The van der Waals surface area contributed by atoms with Crippen molar-refractivity contribution in [2.75, 3.05) is 43.4 Å². The summed E-state index contributed by atoms with van der Waals surface area (Å²) in [5.41, 5.74) is 1.56. The van der Waals surface area contributed by atoms with E-state index in [1.54, 1.807) is 29.8 Å². The van der Waals surface area contributed by atoms with Crippen molar-refractivity contribution < 1.29 is 4.79 Å². The molecular formula is C23H23N7OS. The Labute approximate surface area is 189 Å². The molecule has 1 fully saturated rings. The average molecular weight is 446 g/mol. The van der Waals surface area contributed by atoms with Gasteiger partial charge in [0.1, 0.15) is 21.7 Å². The SMILES string of the molecule is Cc1nnc(-c2ccc3cnc(NC(=O)c4ccnc(N5CCN(C)CC5)c4)cc3c2)s1. The first-order valence-corrected chi connectivity index (χ1v) is 11.3. The number of benzene rings is 1. The van der Waals surface area contributed by atoms with E-state index in [4.69, 9.17) is 0 Å². The fraction of sp³-hybridized carbons (Fsp3) is 0.261. The molecule has 0 radical (unpaired) electrons. The van der Waals surface area contributed by atoms with E-state index in [0.717, 1.165) is 58.3 Å². The summed E-state index contributed by atoms with van der Waals surface area (Å²) >= 11 is 1.55. The van der Waals surface area contributed by atoms with Gasteiger partial charge in [-0.3, -0.25) is 4.79 Å². The summed E-state index contributed by atoms with van der Waals surface area (Å²) in [4.78, 5) is 26.3. The van der Waals surface area contributed by atoms with Crippen LogP contribution < -0.4 is 10.2 Å². The van der Waals surface area contributed by atoms with E-state index in [2.05, 4.69) is 42.3 Å². The van der Waals surface area contributed by atoms with Crippen LogP contribution in [0, 0.1) is 6.92 Å². The number of fused-ring (bicyclic) bond motifs is 1. The molecule has 8 nitrogen and oxygen atoms in total. The molecule has 1 saturated heterocycles. The molecule has 1 aliphatic heterocycles. The topological polar surface area (TPSA) is 87.1 Å². The van der Waals surface area contributed by atoms with Gasteiger partial charge in [0.05, 0.1) is 0 Å². The number of amides is 1. The summed E-state index contributed by atoms with van der Waals surface area (Å²) in [7, 11) is 2.11. The molecule has 0 spiro atoms. The predicted octanol–water partition coefficient (Wildman–Crippen LogP) is 3.46. The van der Waals surface area contributed by atoms with Crippen molar-refractivity contribution in [2.24, 2.45) is 0 Å². The number of anilines is 2. The van der Waals surface area contributed by atoms with Crippen molar-refractivity contribution in [3.63, 3.8) is 0 Å². The normalized spacial score (nSPS) is 14.6. The molecule has 1 N–H and O–H groups in total. The second-order valence-corrected chi connectivity index (χ2v) is 9.09. The average Bonchev–Trinajstić information content (AvgIpc) is 3.25. The van der Waals surface area contributed by atoms with Crippen LogP contribution in [0.5, 0.6) is 0 Å². The van der Waals surface area contributed by atoms with Gasteiger partial charge in [-0.25, -0.2) is 9.97 Å². The van der Waals surface area contributed by atoms with Crippen molar-refractivity contribution in [2.45, 2.75) is 6.92 Å². The van der Waals surface area contributed by atoms with Crippen LogP contribution in [0.2, 0.25) is 0 Å². The standard InChI is InChI=1S/C23H23N7OS/c1-15-27-28-23(32-15)17-3-4-18-14-25-20(12-19(18)11-17)26-22(31)16-5-6-24-21(13-16)30-9-7-29(2)8-10-30/h3-6,11-14H,7-10H2,1-2H3,(H,25,26,31). The third kappa shape index (κ3) is 4.30. The monoisotopic (exact) mass is 445 g/mol. The van der Waals surface area contributed by atoms with Gasteiger partial charge in [-0.15, -0.1) is 10.2 Å². The molecule has 0 aliphatic carbocycles. The highest BCUT2D eigenvalue weighted by Crippen LogP contribution is 2.27. The van der Waals surface area contributed by atoms with E-state index >= 15 is 0 Å². The van der Waals surface area contributed by atoms with Crippen molar-refractivity contribution in [3.8, 4) is 10.6 Å². The highest BCUT2D eigenvalue weighted by molar-refractivity contribution is 7.14. The molecule has 1 aromatic carbocycles. The smallest absolute Gasteiger partial charge is 0.257 e. The lowest BCUT2D eigenvalue weighted by atomic mass is 10.1. The molecule has 1 amide bonds. The first-order valence-electron chi connectivity index (χ1n) is 10.5. The quantitative estimate of drug-likeness (QED) is 0.515. The van der Waals surface area contributed by atoms with Crippen LogP contribution in [-0.4, -0.2) is 64.2 Å². The highest BCUT2D eigenvalue weighted by atomic mass is 32.1. The number of aromatic nitrogens is 4. The van der Waals surface area contributed by atoms with Gasteiger partial charge >= 0.3 is 0 Å². The fourth-order valence-corrected chi connectivity index (χ4v) is 4.40. The Morgan fingerprint density at radius 1 is 1.00 bits per heavy atom. The van der Waals surface area contributed by atoms with Crippen molar-refractivity contribution in [3.05, 3.63) is 59.4 Å². The molecule has 0 saturated carbocycles. The van der Waals surface area contributed by atoms with E-state index in [9.17, 15) is 4.79 Å². The predicted molar refractivity (Wildman–Crippen MR) is 127 cm³/mol. The van der Waals surface area contributed by atoms with Crippen LogP contribution in [-0.2, 0) is 0 Å². The maximum Gasteiger partial charge on any atom is 0.257 e. The van der Waals surface area contributed by atoms with E-state index in [1.165, 1.54) is 0 Å². The number of hydrogen-bond donors (Lipinski definition) is 1. The van der Waals surface area contributed by atoms with Gasteiger partial charge in [-0.1, -0.05) is 23.5 Å². The molecule has 4 aromatic rings. The highest BCUT2D eigenvalue weighted by Gasteiger charge is 2.17. The van der Waals surface area contributed by atoms with Crippen LogP contribution >= 0.6 is 11.3 Å². The van der Waals surface area contributed by atoms with Crippen LogP contribution in [0.4, 0.5) is 11.6 Å². The minimum Gasteiger partial charge on any atom is -0.354 e. The Morgan fingerprint density at radius 3 is 2.62 bits per heavy atom. The maximum absolute atomic E-state index is 12.9. The van der Waals surface area contributed by atoms with Crippen LogP contribution in [0.15, 0.2) is 48.8 Å². The first-order chi connectivity index (χ1) is 15.5. The van der Waals surface area contributed by atoms with Gasteiger partial charge < -0.3 is 15.1 Å². The Hall–Kier alpha value is -3.43. The largest absolute Gasteiger partial charge is 0.354 e. The minimum atomic E-state index is -0.203. The molecule has 1 aliphatic rings. The Morgan fingerprint density at radius 2 is 1.84 bits per heavy atom. The third-order valence-electron chi connectivity index (χ3n) is 5.57. The van der Waals surface area contributed by atoms with Crippen molar-refractivity contribution >= 4 is 39.7 Å². The number of aryl methyl sites for hydroxylation is 1. The number of carbonyl (C=O) groups excluding carboxylic acids is 1. The zero-order valence-electron chi connectivity index (χ0n) is 17.9. The second-order valence-electron chi connectivity index (χ2n) is 7.90. The molecule has 5 rings (SSSR count). The zero-order chi connectivity index (χ0) is 22.1. The molecule has 0 atom stereocenters. The number of piperazine rings is 1. The number of rotatable bonds is 4. The van der Waals surface area contributed by atoms with Crippen LogP contribution in [0.1, 0.15) is 15.4 Å². The Balaban J connectivity index is 1.36. The minimum absolute atomic E-state index is 0.203. The van der Waals surface area contributed by atoms with E-state index in [1.807, 2.05) is 37.3 Å². The van der Waals surface area contributed by atoms with E-state index in [-0.39, 0.29) is 5.91 Å². The van der Waals surface area contributed by atoms with Gasteiger partial charge in [0.25, 0.3) is 5.91 Å². The first kappa shape index (κ1) is 20.5. The van der Waals surface area contributed by atoms with Crippen molar-refractivity contribution in [1.29, 1.82) is 0 Å². The van der Waals surface area contributed by atoms with Gasteiger partial charge in [-0.2, -0.15) is 0 Å². The molecule has 32 heavy (non-hydrogen) atoms. The summed E-state index contributed by atoms with van der Waals surface area (Å²) in [6.07, 6.45) is 3.45. The van der Waals surface area contributed by atoms with Crippen molar-refractivity contribution in [1.82, 2.24) is 25.1 Å². The lowest BCUT2D eigenvalue weighted by Crippen LogP contribution is -2.44. The molecule has 0 unspecified atom stereocenters. The molecule has 3 aromatic heterocycles. The molecule has 4 heterocycles. The molecule has 0 bridgehead atoms. The van der Waals surface area contributed by atoms with Gasteiger partial charge in [0, 0.05) is 55.1 Å². The summed E-state index contributed by atoms with van der Waals surface area (Å²) < 4.78 is 0. The van der Waals surface area contributed by atoms with Crippen LogP contribution in [0.3, 0.4) is 0 Å². The maximum atomic E-state index is 12.9. The Kier molecular flexibility index (Phi) is 5.50.